The Kier molecular flexibility index (Phi) is 4.81. The molecule has 1 aliphatic carbocycles. The van der Waals surface area contributed by atoms with Gasteiger partial charge in [-0.2, -0.15) is 0 Å². The SMILES string of the molecule is COc1ncccc1NC(=O)c1cn2cc(C34CCC(C)(C3)OC4)nc2c(OC(C)C)n1. The maximum atomic E-state index is 13.0. The van der Waals surface area contributed by atoms with Crippen LogP contribution >= 0.6 is 0 Å². The van der Waals surface area contributed by atoms with Crippen molar-refractivity contribution in [3.05, 3.63) is 42.1 Å². The summed E-state index contributed by atoms with van der Waals surface area (Å²) < 4.78 is 19.1. The molecule has 1 saturated carbocycles. The Labute approximate surface area is 186 Å². The van der Waals surface area contributed by atoms with Crippen LogP contribution in [-0.2, 0) is 10.2 Å². The highest BCUT2D eigenvalue weighted by atomic mass is 16.5. The first-order chi connectivity index (χ1) is 15.3. The Morgan fingerprint density at radius 1 is 1.25 bits per heavy atom. The van der Waals surface area contributed by atoms with Crippen molar-refractivity contribution < 1.29 is 19.0 Å². The van der Waals surface area contributed by atoms with E-state index in [1.165, 1.54) is 7.11 Å². The van der Waals surface area contributed by atoms with E-state index in [4.69, 9.17) is 19.2 Å². The van der Waals surface area contributed by atoms with Gasteiger partial charge in [-0.05, 0) is 52.2 Å². The first-order valence-electron chi connectivity index (χ1n) is 10.8. The second kappa shape index (κ2) is 7.44. The quantitative estimate of drug-likeness (QED) is 0.631. The fourth-order valence-electron chi connectivity index (χ4n) is 4.72. The molecule has 3 aromatic heterocycles. The summed E-state index contributed by atoms with van der Waals surface area (Å²) in [5, 5.41) is 2.82. The lowest BCUT2D eigenvalue weighted by atomic mass is 9.84. The van der Waals surface area contributed by atoms with Crippen molar-refractivity contribution in [2.24, 2.45) is 0 Å². The van der Waals surface area contributed by atoms with E-state index in [1.54, 1.807) is 24.5 Å². The van der Waals surface area contributed by atoms with E-state index in [2.05, 4.69) is 22.2 Å². The number of aromatic nitrogens is 4. The van der Waals surface area contributed by atoms with Gasteiger partial charge in [-0.25, -0.2) is 15.0 Å². The zero-order valence-electron chi connectivity index (χ0n) is 18.7. The second-order valence-electron chi connectivity index (χ2n) is 9.16. The van der Waals surface area contributed by atoms with Gasteiger partial charge in [-0.3, -0.25) is 9.20 Å². The van der Waals surface area contributed by atoms with Gasteiger partial charge in [0.25, 0.3) is 11.8 Å². The highest BCUT2D eigenvalue weighted by Gasteiger charge is 2.55. The van der Waals surface area contributed by atoms with E-state index < -0.39 is 5.91 Å². The fourth-order valence-corrected chi connectivity index (χ4v) is 4.72. The minimum atomic E-state index is -0.391. The molecule has 2 bridgehead atoms. The van der Waals surface area contributed by atoms with E-state index in [0.29, 0.717) is 29.7 Å². The number of carbonyl (C=O) groups is 1. The van der Waals surface area contributed by atoms with Crippen LogP contribution in [0.2, 0.25) is 0 Å². The number of amides is 1. The molecule has 32 heavy (non-hydrogen) atoms. The van der Waals surface area contributed by atoms with E-state index >= 15 is 0 Å². The number of anilines is 1. The van der Waals surface area contributed by atoms with Crippen LogP contribution in [0, 0.1) is 0 Å². The summed E-state index contributed by atoms with van der Waals surface area (Å²) in [7, 11) is 1.50. The standard InChI is InChI=1S/C23H27N5O4/c1-14(2)32-21-18-27-17(23-8-7-22(3,12-23)31-13-23)11-28(18)10-16(26-21)19(29)25-15-6-5-9-24-20(15)30-4/h5-6,9-11,14H,7-8,12-13H2,1-4H3,(H,25,29). The summed E-state index contributed by atoms with van der Waals surface area (Å²) in [5.74, 6) is 0.265. The van der Waals surface area contributed by atoms with E-state index in [-0.39, 0.29) is 22.8 Å². The van der Waals surface area contributed by atoms with Crippen LogP contribution in [0.4, 0.5) is 5.69 Å². The van der Waals surface area contributed by atoms with Crippen LogP contribution < -0.4 is 14.8 Å². The lowest BCUT2D eigenvalue weighted by Crippen LogP contribution is -2.26. The van der Waals surface area contributed by atoms with E-state index in [0.717, 1.165) is 25.0 Å². The summed E-state index contributed by atoms with van der Waals surface area (Å²) >= 11 is 0. The molecule has 0 spiro atoms. The van der Waals surface area contributed by atoms with Crippen molar-refractivity contribution in [2.45, 2.75) is 57.2 Å². The van der Waals surface area contributed by atoms with Gasteiger partial charge in [0.1, 0.15) is 11.4 Å². The van der Waals surface area contributed by atoms with Crippen LogP contribution in [0.25, 0.3) is 5.65 Å². The molecule has 2 atom stereocenters. The number of hydrogen-bond acceptors (Lipinski definition) is 7. The molecule has 4 heterocycles. The monoisotopic (exact) mass is 437 g/mol. The average Bonchev–Trinajstić information content (AvgIpc) is 3.45. The Morgan fingerprint density at radius 2 is 2.09 bits per heavy atom. The number of pyridine rings is 1. The molecule has 3 aromatic rings. The normalized spacial score (nSPS) is 24.3. The minimum Gasteiger partial charge on any atom is -0.480 e. The van der Waals surface area contributed by atoms with Crippen LogP contribution in [0.15, 0.2) is 30.7 Å². The molecule has 9 heteroatoms. The number of fused-ring (bicyclic) bond motifs is 3. The van der Waals surface area contributed by atoms with Gasteiger partial charge in [-0.1, -0.05) is 0 Å². The number of ether oxygens (including phenoxy) is 3. The van der Waals surface area contributed by atoms with Crippen LogP contribution in [0.1, 0.15) is 56.2 Å². The van der Waals surface area contributed by atoms with Crippen molar-refractivity contribution in [3.63, 3.8) is 0 Å². The molecule has 9 nitrogen and oxygen atoms in total. The summed E-state index contributed by atoms with van der Waals surface area (Å²) in [6.07, 6.45) is 8.15. The number of methoxy groups -OCH3 is 1. The first-order valence-corrected chi connectivity index (χ1v) is 10.8. The van der Waals surface area contributed by atoms with Gasteiger partial charge in [0.2, 0.25) is 11.5 Å². The zero-order valence-corrected chi connectivity index (χ0v) is 18.7. The molecule has 0 aromatic carbocycles. The summed E-state index contributed by atoms with van der Waals surface area (Å²) in [5.41, 5.74) is 2.06. The number of nitrogens with one attached hydrogen (secondary N) is 1. The number of carbonyl (C=O) groups excluding carboxylic acids is 1. The van der Waals surface area contributed by atoms with Gasteiger partial charge >= 0.3 is 0 Å². The molecular formula is C23H27N5O4. The average molecular weight is 438 g/mol. The summed E-state index contributed by atoms with van der Waals surface area (Å²) in [4.78, 5) is 26.5. The molecule has 2 unspecified atom stereocenters. The van der Waals surface area contributed by atoms with E-state index in [1.807, 2.05) is 24.4 Å². The highest BCUT2D eigenvalue weighted by molar-refractivity contribution is 6.03. The molecular weight excluding hydrogens is 410 g/mol. The Morgan fingerprint density at radius 3 is 2.75 bits per heavy atom. The summed E-state index contributed by atoms with van der Waals surface area (Å²) in [6, 6.07) is 3.45. The Bertz CT molecular complexity index is 1180. The smallest absolute Gasteiger partial charge is 0.276 e. The molecule has 0 radical (unpaired) electrons. The molecule has 5 rings (SSSR count). The minimum absolute atomic E-state index is 0.0703. The number of hydrogen-bond donors (Lipinski definition) is 1. The van der Waals surface area contributed by atoms with Gasteiger partial charge in [0, 0.05) is 24.0 Å². The molecule has 1 aliphatic heterocycles. The third-order valence-electron chi connectivity index (χ3n) is 6.28. The van der Waals surface area contributed by atoms with E-state index in [9.17, 15) is 4.79 Å². The largest absolute Gasteiger partial charge is 0.480 e. The lowest BCUT2D eigenvalue weighted by Gasteiger charge is -2.24. The predicted octanol–water partition coefficient (Wildman–Crippen LogP) is 3.38. The topological polar surface area (TPSA) is 99.9 Å². The number of nitrogens with zero attached hydrogens (tertiary/aromatic N) is 4. The van der Waals surface area contributed by atoms with Gasteiger partial charge in [-0.15, -0.1) is 0 Å². The molecule has 2 aliphatic rings. The molecule has 1 amide bonds. The fraction of sp³-hybridized carbons (Fsp3) is 0.478. The number of rotatable bonds is 6. The summed E-state index contributed by atoms with van der Waals surface area (Å²) in [6.45, 7) is 6.67. The maximum Gasteiger partial charge on any atom is 0.276 e. The second-order valence-corrected chi connectivity index (χ2v) is 9.16. The zero-order chi connectivity index (χ0) is 22.5. The van der Waals surface area contributed by atoms with Gasteiger partial charge in [0.05, 0.1) is 31.1 Å². The van der Waals surface area contributed by atoms with Crippen molar-refractivity contribution in [2.75, 3.05) is 19.0 Å². The highest BCUT2D eigenvalue weighted by Crippen LogP contribution is 2.53. The molecule has 168 valence electrons. The molecule has 1 N–H and O–H groups in total. The maximum absolute atomic E-state index is 13.0. The Balaban J connectivity index is 1.53. The van der Waals surface area contributed by atoms with Crippen molar-refractivity contribution in [1.82, 2.24) is 19.4 Å². The van der Waals surface area contributed by atoms with Crippen molar-refractivity contribution >= 4 is 17.2 Å². The third kappa shape index (κ3) is 3.46. The predicted molar refractivity (Wildman–Crippen MR) is 117 cm³/mol. The van der Waals surface area contributed by atoms with Crippen molar-refractivity contribution in [1.29, 1.82) is 0 Å². The lowest BCUT2D eigenvalue weighted by molar-refractivity contribution is -0.00627. The molecule has 1 saturated heterocycles. The molecule has 2 fully saturated rings. The van der Waals surface area contributed by atoms with Crippen molar-refractivity contribution in [3.8, 4) is 11.8 Å². The number of imidazole rings is 1. The van der Waals surface area contributed by atoms with Crippen LogP contribution in [0.5, 0.6) is 11.8 Å². The van der Waals surface area contributed by atoms with Crippen LogP contribution in [-0.4, -0.2) is 50.7 Å². The van der Waals surface area contributed by atoms with Gasteiger partial charge < -0.3 is 19.5 Å². The third-order valence-corrected chi connectivity index (χ3v) is 6.28. The van der Waals surface area contributed by atoms with Crippen LogP contribution in [0.3, 0.4) is 0 Å². The Hall–Kier alpha value is -3.20. The first kappa shape index (κ1) is 20.7. The van der Waals surface area contributed by atoms with Gasteiger partial charge in [0.15, 0.2) is 0 Å².